The summed E-state index contributed by atoms with van der Waals surface area (Å²) in [5, 5.41) is 9.12. The van der Waals surface area contributed by atoms with Crippen molar-refractivity contribution in [2.75, 3.05) is 19.7 Å². The molecule has 1 N–H and O–H groups in total. The minimum atomic E-state index is 0.0166. The molecule has 1 amide bonds. The van der Waals surface area contributed by atoms with Gasteiger partial charge in [-0.1, -0.05) is 31.9 Å². The molecular formula is C16H25NO2. The van der Waals surface area contributed by atoms with E-state index in [9.17, 15) is 4.79 Å². The van der Waals surface area contributed by atoms with E-state index in [4.69, 9.17) is 5.11 Å². The lowest BCUT2D eigenvalue weighted by atomic mass is 10.0. The number of nitrogens with zero attached hydrogens (tertiary/aromatic N) is 1. The highest BCUT2D eigenvalue weighted by Crippen LogP contribution is 2.15. The largest absolute Gasteiger partial charge is 0.395 e. The van der Waals surface area contributed by atoms with Gasteiger partial charge >= 0.3 is 0 Å². The predicted octanol–water partition coefficient (Wildman–Crippen LogP) is 2.93. The number of aliphatic hydroxyl groups is 1. The number of carbonyl (C=O) groups excluding carboxylic acids is 1. The molecule has 106 valence electrons. The number of amides is 1. The third-order valence-corrected chi connectivity index (χ3v) is 3.52. The van der Waals surface area contributed by atoms with Gasteiger partial charge in [0.15, 0.2) is 0 Å². The Morgan fingerprint density at radius 3 is 2.58 bits per heavy atom. The van der Waals surface area contributed by atoms with Crippen molar-refractivity contribution in [2.24, 2.45) is 0 Å². The zero-order chi connectivity index (χ0) is 14.3. The molecule has 19 heavy (non-hydrogen) atoms. The fourth-order valence-electron chi connectivity index (χ4n) is 2.14. The van der Waals surface area contributed by atoms with Crippen LogP contribution in [0.25, 0.3) is 0 Å². The minimum Gasteiger partial charge on any atom is -0.395 e. The van der Waals surface area contributed by atoms with E-state index < -0.39 is 0 Å². The molecule has 0 unspecified atom stereocenters. The maximum absolute atomic E-state index is 12.5. The van der Waals surface area contributed by atoms with E-state index in [2.05, 4.69) is 6.92 Å². The molecule has 0 aromatic heterocycles. The number of benzene rings is 1. The van der Waals surface area contributed by atoms with Gasteiger partial charge in [0.2, 0.25) is 0 Å². The minimum absolute atomic E-state index is 0.0166. The first kappa shape index (κ1) is 15.7. The lowest BCUT2D eigenvalue weighted by Gasteiger charge is -2.23. The Hall–Kier alpha value is -1.35. The number of rotatable bonds is 7. The second kappa shape index (κ2) is 7.95. The zero-order valence-electron chi connectivity index (χ0n) is 12.3. The average molecular weight is 263 g/mol. The van der Waals surface area contributed by atoms with E-state index in [1.54, 1.807) is 4.90 Å². The van der Waals surface area contributed by atoms with Crippen LogP contribution in [0.1, 0.15) is 47.7 Å². The van der Waals surface area contributed by atoms with Gasteiger partial charge < -0.3 is 10.0 Å². The number of aryl methyl sites for hydroxylation is 1. The summed E-state index contributed by atoms with van der Waals surface area (Å²) in [4.78, 5) is 14.3. The van der Waals surface area contributed by atoms with Crippen LogP contribution in [0, 0.1) is 13.8 Å². The van der Waals surface area contributed by atoms with Gasteiger partial charge in [-0.05, 0) is 37.5 Å². The van der Waals surface area contributed by atoms with Crippen molar-refractivity contribution in [3.8, 4) is 0 Å². The second-order valence-electron chi connectivity index (χ2n) is 4.97. The zero-order valence-corrected chi connectivity index (χ0v) is 12.3. The molecule has 3 heteroatoms. The van der Waals surface area contributed by atoms with Crippen LogP contribution in [0.2, 0.25) is 0 Å². The van der Waals surface area contributed by atoms with E-state index in [1.807, 2.05) is 32.0 Å². The Bertz CT molecular complexity index is 415. The molecule has 1 rings (SSSR count). The predicted molar refractivity (Wildman–Crippen MR) is 78.4 cm³/mol. The molecule has 0 spiro atoms. The van der Waals surface area contributed by atoms with Crippen molar-refractivity contribution in [1.82, 2.24) is 4.90 Å². The number of unbranched alkanes of at least 4 members (excludes halogenated alkanes) is 2. The molecule has 1 aromatic rings. The van der Waals surface area contributed by atoms with Crippen LogP contribution in [0.3, 0.4) is 0 Å². The van der Waals surface area contributed by atoms with E-state index in [-0.39, 0.29) is 12.5 Å². The van der Waals surface area contributed by atoms with Gasteiger partial charge in [-0.3, -0.25) is 4.79 Å². The number of carbonyl (C=O) groups is 1. The first-order chi connectivity index (χ1) is 9.11. The molecule has 0 heterocycles. The summed E-state index contributed by atoms with van der Waals surface area (Å²) in [7, 11) is 0. The summed E-state index contributed by atoms with van der Waals surface area (Å²) in [6.07, 6.45) is 3.24. The molecule has 3 nitrogen and oxygen atoms in total. The van der Waals surface area contributed by atoms with Crippen molar-refractivity contribution in [2.45, 2.75) is 40.0 Å². The molecule has 0 aliphatic heterocycles. The van der Waals surface area contributed by atoms with Crippen LogP contribution in [-0.4, -0.2) is 35.6 Å². The molecule has 0 aliphatic rings. The van der Waals surface area contributed by atoms with Gasteiger partial charge in [0.05, 0.1) is 6.61 Å². The van der Waals surface area contributed by atoms with Gasteiger partial charge in [-0.2, -0.15) is 0 Å². The molecule has 0 fully saturated rings. The van der Waals surface area contributed by atoms with E-state index in [0.29, 0.717) is 6.54 Å². The second-order valence-corrected chi connectivity index (χ2v) is 4.97. The van der Waals surface area contributed by atoms with Gasteiger partial charge in [-0.25, -0.2) is 0 Å². The lowest BCUT2D eigenvalue weighted by Crippen LogP contribution is -2.35. The quantitative estimate of drug-likeness (QED) is 0.768. The molecule has 0 atom stereocenters. The Kier molecular flexibility index (Phi) is 6.57. The Labute approximate surface area is 116 Å². The first-order valence-corrected chi connectivity index (χ1v) is 7.08. The average Bonchev–Trinajstić information content (AvgIpc) is 2.40. The van der Waals surface area contributed by atoms with Crippen LogP contribution in [0.4, 0.5) is 0 Å². The summed E-state index contributed by atoms with van der Waals surface area (Å²) in [5.41, 5.74) is 2.92. The van der Waals surface area contributed by atoms with Crippen molar-refractivity contribution in [3.63, 3.8) is 0 Å². The van der Waals surface area contributed by atoms with Gasteiger partial charge in [0, 0.05) is 18.7 Å². The van der Waals surface area contributed by atoms with E-state index >= 15 is 0 Å². The standard InChI is InChI=1S/C16H25NO2/c1-4-5-6-10-17(11-12-18)16(19)15-9-7-8-13(2)14(15)3/h7-9,18H,4-6,10-12H2,1-3H3. The molecular weight excluding hydrogens is 238 g/mol. The third-order valence-electron chi connectivity index (χ3n) is 3.52. The molecule has 0 saturated carbocycles. The summed E-state index contributed by atoms with van der Waals surface area (Å²) < 4.78 is 0. The maximum atomic E-state index is 12.5. The molecule has 0 aliphatic carbocycles. The summed E-state index contributed by atoms with van der Waals surface area (Å²) in [6.45, 7) is 7.29. The molecule has 0 saturated heterocycles. The van der Waals surface area contributed by atoms with Gasteiger partial charge in [-0.15, -0.1) is 0 Å². The van der Waals surface area contributed by atoms with Crippen molar-refractivity contribution < 1.29 is 9.90 Å². The van der Waals surface area contributed by atoms with E-state index in [1.165, 1.54) is 0 Å². The molecule has 0 radical (unpaired) electrons. The molecule has 0 bridgehead atoms. The number of aliphatic hydroxyl groups excluding tert-OH is 1. The normalized spacial score (nSPS) is 10.5. The van der Waals surface area contributed by atoms with Crippen molar-refractivity contribution >= 4 is 5.91 Å². The topological polar surface area (TPSA) is 40.5 Å². The highest BCUT2D eigenvalue weighted by molar-refractivity contribution is 5.95. The van der Waals surface area contributed by atoms with Crippen LogP contribution >= 0.6 is 0 Å². The van der Waals surface area contributed by atoms with Crippen LogP contribution < -0.4 is 0 Å². The Balaban J connectivity index is 2.83. The lowest BCUT2D eigenvalue weighted by molar-refractivity contribution is 0.0718. The monoisotopic (exact) mass is 263 g/mol. The SMILES string of the molecule is CCCCCN(CCO)C(=O)c1cccc(C)c1C. The van der Waals surface area contributed by atoms with Crippen molar-refractivity contribution in [3.05, 3.63) is 34.9 Å². The first-order valence-electron chi connectivity index (χ1n) is 7.08. The highest BCUT2D eigenvalue weighted by Gasteiger charge is 2.17. The fraction of sp³-hybridized carbons (Fsp3) is 0.562. The fourth-order valence-corrected chi connectivity index (χ4v) is 2.14. The number of hydrogen-bond acceptors (Lipinski definition) is 2. The van der Waals surface area contributed by atoms with Gasteiger partial charge in [0.1, 0.15) is 0 Å². The summed E-state index contributed by atoms with van der Waals surface area (Å²) >= 11 is 0. The maximum Gasteiger partial charge on any atom is 0.254 e. The highest BCUT2D eigenvalue weighted by atomic mass is 16.3. The van der Waals surface area contributed by atoms with Gasteiger partial charge in [0.25, 0.3) is 5.91 Å². The summed E-state index contributed by atoms with van der Waals surface area (Å²) in [5.74, 6) is 0.0337. The Morgan fingerprint density at radius 2 is 1.95 bits per heavy atom. The Morgan fingerprint density at radius 1 is 1.21 bits per heavy atom. The smallest absolute Gasteiger partial charge is 0.254 e. The van der Waals surface area contributed by atoms with E-state index in [0.717, 1.165) is 42.5 Å². The molecule has 1 aromatic carbocycles. The van der Waals surface area contributed by atoms with Crippen molar-refractivity contribution in [1.29, 1.82) is 0 Å². The van der Waals surface area contributed by atoms with Crippen LogP contribution in [0.5, 0.6) is 0 Å². The number of hydrogen-bond donors (Lipinski definition) is 1. The van der Waals surface area contributed by atoms with Crippen LogP contribution in [-0.2, 0) is 0 Å². The van der Waals surface area contributed by atoms with Crippen LogP contribution in [0.15, 0.2) is 18.2 Å². The third kappa shape index (κ3) is 4.35. The summed E-state index contributed by atoms with van der Waals surface area (Å²) in [6, 6.07) is 5.80.